The van der Waals surface area contributed by atoms with E-state index < -0.39 is 0 Å². The van der Waals surface area contributed by atoms with Gasteiger partial charge in [-0.25, -0.2) is 4.98 Å². The fourth-order valence-electron chi connectivity index (χ4n) is 0.732. The van der Waals surface area contributed by atoms with E-state index in [-0.39, 0.29) is 0 Å². The molecule has 0 unspecified atom stereocenters. The van der Waals surface area contributed by atoms with E-state index >= 15 is 0 Å². The molecule has 0 saturated heterocycles. The molecule has 2 heteroatoms. The second kappa shape index (κ2) is 3.01. The first-order valence-corrected chi connectivity index (χ1v) is 3.18. The molecule has 52 valence electrons. The van der Waals surface area contributed by atoms with Gasteiger partial charge in [0.15, 0.2) is 0 Å². The van der Waals surface area contributed by atoms with Gasteiger partial charge in [0, 0.05) is 0 Å². The van der Waals surface area contributed by atoms with Gasteiger partial charge in [0.05, 0.1) is 5.69 Å². The Bertz CT molecular complexity index is 241. The number of aromatic nitrogens is 1. The number of nitrogen functional groups attached to an aromatic ring is 1. The lowest BCUT2D eigenvalue weighted by atomic mass is 10.3. The first-order valence-electron chi connectivity index (χ1n) is 3.18. The molecule has 0 amide bonds. The van der Waals surface area contributed by atoms with Gasteiger partial charge in [0.1, 0.15) is 5.82 Å². The Morgan fingerprint density at radius 2 is 2.30 bits per heavy atom. The van der Waals surface area contributed by atoms with Crippen LogP contribution in [0.2, 0.25) is 0 Å². The molecule has 1 aromatic heterocycles. The van der Waals surface area contributed by atoms with Crippen LogP contribution in [0.1, 0.15) is 12.6 Å². The molecule has 1 rings (SSSR count). The minimum atomic E-state index is 0.565. The van der Waals surface area contributed by atoms with Crippen LogP contribution >= 0.6 is 0 Å². The van der Waals surface area contributed by atoms with Crippen molar-refractivity contribution in [1.29, 1.82) is 0 Å². The van der Waals surface area contributed by atoms with E-state index in [1.54, 1.807) is 6.07 Å². The molecule has 1 heterocycles. The summed E-state index contributed by atoms with van der Waals surface area (Å²) in [6, 6.07) is 5.57. The van der Waals surface area contributed by atoms with E-state index in [9.17, 15) is 0 Å². The first-order chi connectivity index (χ1) is 4.83. The molecule has 0 aromatic carbocycles. The Labute approximate surface area is 60.4 Å². The minimum absolute atomic E-state index is 0.565. The van der Waals surface area contributed by atoms with Crippen molar-refractivity contribution in [2.75, 3.05) is 5.73 Å². The molecule has 0 spiro atoms. The van der Waals surface area contributed by atoms with Gasteiger partial charge in [-0.05, 0) is 25.1 Å². The summed E-state index contributed by atoms with van der Waals surface area (Å²) in [6.45, 7) is 1.95. The number of nitrogens with two attached hydrogens (primary N) is 1. The number of pyridine rings is 1. The maximum absolute atomic E-state index is 5.44. The lowest BCUT2D eigenvalue weighted by Gasteiger charge is -1.92. The Morgan fingerprint density at radius 3 is 2.90 bits per heavy atom. The standard InChI is InChI=1S/C8H10N2/c1-2-4-7-5-3-6-8(9)10-7/h2-6H,1H3,(H2,9,10)/b4-2-. The van der Waals surface area contributed by atoms with Crippen molar-refractivity contribution in [2.45, 2.75) is 6.92 Å². The predicted molar refractivity (Wildman–Crippen MR) is 43.4 cm³/mol. The molecule has 0 bridgehead atoms. The SMILES string of the molecule is C/C=C\c1cccc(N)n1. The zero-order valence-corrected chi connectivity index (χ0v) is 5.91. The summed E-state index contributed by atoms with van der Waals surface area (Å²) in [4.78, 5) is 4.05. The number of nitrogens with zero attached hydrogens (tertiary/aromatic N) is 1. The molecular formula is C8H10N2. The summed E-state index contributed by atoms with van der Waals surface area (Å²) in [5.74, 6) is 0.565. The fourth-order valence-corrected chi connectivity index (χ4v) is 0.732. The predicted octanol–water partition coefficient (Wildman–Crippen LogP) is 1.70. The van der Waals surface area contributed by atoms with Crippen LogP contribution in [0.5, 0.6) is 0 Å². The van der Waals surface area contributed by atoms with Crippen molar-refractivity contribution in [2.24, 2.45) is 0 Å². The van der Waals surface area contributed by atoms with E-state index in [2.05, 4.69) is 4.98 Å². The van der Waals surface area contributed by atoms with Crippen LogP contribution < -0.4 is 5.73 Å². The minimum Gasteiger partial charge on any atom is -0.384 e. The van der Waals surface area contributed by atoms with Crippen molar-refractivity contribution >= 4 is 11.9 Å². The van der Waals surface area contributed by atoms with Gasteiger partial charge < -0.3 is 5.73 Å². The van der Waals surface area contributed by atoms with Crippen molar-refractivity contribution < 1.29 is 0 Å². The highest BCUT2D eigenvalue weighted by Gasteiger charge is 1.86. The van der Waals surface area contributed by atoms with Crippen molar-refractivity contribution in [3.63, 3.8) is 0 Å². The molecule has 0 fully saturated rings. The third-order valence-electron chi connectivity index (χ3n) is 1.13. The van der Waals surface area contributed by atoms with Gasteiger partial charge in [0.25, 0.3) is 0 Å². The average molecular weight is 134 g/mol. The van der Waals surface area contributed by atoms with Crippen LogP contribution in [0.4, 0.5) is 5.82 Å². The second-order valence-corrected chi connectivity index (χ2v) is 1.99. The molecule has 0 atom stereocenters. The maximum atomic E-state index is 5.44. The lowest BCUT2D eigenvalue weighted by Crippen LogP contribution is -1.89. The van der Waals surface area contributed by atoms with Crippen molar-refractivity contribution in [3.8, 4) is 0 Å². The van der Waals surface area contributed by atoms with Gasteiger partial charge in [-0.3, -0.25) is 0 Å². The van der Waals surface area contributed by atoms with E-state index in [1.807, 2.05) is 31.2 Å². The van der Waals surface area contributed by atoms with Crippen LogP contribution in [0.3, 0.4) is 0 Å². The Hall–Kier alpha value is -1.31. The molecule has 0 aliphatic heterocycles. The molecule has 0 aliphatic carbocycles. The van der Waals surface area contributed by atoms with Crippen LogP contribution in [0.15, 0.2) is 24.3 Å². The zero-order valence-electron chi connectivity index (χ0n) is 5.91. The van der Waals surface area contributed by atoms with Crippen LogP contribution in [-0.4, -0.2) is 4.98 Å². The number of hydrogen-bond donors (Lipinski definition) is 1. The van der Waals surface area contributed by atoms with E-state index in [0.717, 1.165) is 5.69 Å². The van der Waals surface area contributed by atoms with Gasteiger partial charge in [-0.2, -0.15) is 0 Å². The van der Waals surface area contributed by atoms with E-state index in [4.69, 9.17) is 5.73 Å². The summed E-state index contributed by atoms with van der Waals surface area (Å²) in [5, 5.41) is 0. The largest absolute Gasteiger partial charge is 0.384 e. The summed E-state index contributed by atoms with van der Waals surface area (Å²) in [6.07, 6.45) is 3.85. The molecule has 2 nitrogen and oxygen atoms in total. The fraction of sp³-hybridized carbons (Fsp3) is 0.125. The number of allylic oxidation sites excluding steroid dienone is 1. The quantitative estimate of drug-likeness (QED) is 0.634. The Morgan fingerprint density at radius 1 is 1.50 bits per heavy atom. The zero-order chi connectivity index (χ0) is 7.40. The normalized spacial score (nSPS) is 10.5. The molecule has 2 N–H and O–H groups in total. The molecular weight excluding hydrogens is 124 g/mol. The molecule has 0 radical (unpaired) electrons. The maximum Gasteiger partial charge on any atom is 0.124 e. The molecule has 0 aliphatic rings. The van der Waals surface area contributed by atoms with Gasteiger partial charge in [-0.1, -0.05) is 12.1 Å². The van der Waals surface area contributed by atoms with E-state index in [1.165, 1.54) is 0 Å². The number of hydrogen-bond acceptors (Lipinski definition) is 2. The Kier molecular flexibility index (Phi) is 2.05. The highest BCUT2D eigenvalue weighted by Crippen LogP contribution is 2.01. The highest BCUT2D eigenvalue weighted by atomic mass is 14.8. The third-order valence-corrected chi connectivity index (χ3v) is 1.13. The van der Waals surface area contributed by atoms with Crippen LogP contribution in [0, 0.1) is 0 Å². The van der Waals surface area contributed by atoms with Crippen molar-refractivity contribution in [3.05, 3.63) is 30.0 Å². The third kappa shape index (κ3) is 1.58. The van der Waals surface area contributed by atoms with Crippen molar-refractivity contribution in [1.82, 2.24) is 4.98 Å². The monoisotopic (exact) mass is 134 g/mol. The Balaban J connectivity index is 2.95. The molecule has 1 aromatic rings. The molecule has 10 heavy (non-hydrogen) atoms. The highest BCUT2D eigenvalue weighted by molar-refractivity contribution is 5.46. The summed E-state index contributed by atoms with van der Waals surface area (Å²) < 4.78 is 0. The van der Waals surface area contributed by atoms with Crippen LogP contribution in [-0.2, 0) is 0 Å². The van der Waals surface area contributed by atoms with E-state index in [0.29, 0.717) is 5.82 Å². The van der Waals surface area contributed by atoms with Gasteiger partial charge >= 0.3 is 0 Å². The summed E-state index contributed by atoms with van der Waals surface area (Å²) >= 11 is 0. The topological polar surface area (TPSA) is 38.9 Å². The number of rotatable bonds is 1. The molecule has 0 saturated carbocycles. The lowest BCUT2D eigenvalue weighted by molar-refractivity contribution is 1.30. The summed E-state index contributed by atoms with van der Waals surface area (Å²) in [7, 11) is 0. The van der Waals surface area contributed by atoms with Gasteiger partial charge in [0.2, 0.25) is 0 Å². The summed E-state index contributed by atoms with van der Waals surface area (Å²) in [5.41, 5.74) is 6.35. The van der Waals surface area contributed by atoms with Gasteiger partial charge in [-0.15, -0.1) is 0 Å². The second-order valence-electron chi connectivity index (χ2n) is 1.99. The average Bonchev–Trinajstić information content (AvgIpc) is 1.88. The first kappa shape index (κ1) is 6.81. The van der Waals surface area contributed by atoms with Crippen LogP contribution in [0.25, 0.3) is 6.08 Å². The smallest absolute Gasteiger partial charge is 0.124 e. The number of anilines is 1.